The van der Waals surface area contributed by atoms with Crippen molar-refractivity contribution in [1.29, 1.82) is 0 Å². The van der Waals surface area contributed by atoms with Crippen LogP contribution in [0.3, 0.4) is 0 Å². The summed E-state index contributed by atoms with van der Waals surface area (Å²) in [5, 5.41) is 11.1. The minimum atomic E-state index is -0.613. The number of β-amino-alcohol motifs (C(OH)–C–C–N with tert-alkyl or cyclic N) is 1. The van der Waals surface area contributed by atoms with Gasteiger partial charge in [0.15, 0.2) is 0 Å². The van der Waals surface area contributed by atoms with Crippen LogP contribution in [0.1, 0.15) is 37.6 Å². The lowest BCUT2D eigenvalue weighted by Gasteiger charge is -2.32. The van der Waals surface area contributed by atoms with E-state index in [1.165, 1.54) is 11.3 Å². The number of aliphatic hydroxyl groups excluding tert-OH is 1. The lowest BCUT2D eigenvalue weighted by atomic mass is 9.97. The molecule has 0 saturated carbocycles. The number of amides is 1. The molecule has 4 nitrogen and oxygen atoms in total. The van der Waals surface area contributed by atoms with E-state index in [9.17, 15) is 9.90 Å². The molecule has 0 spiro atoms. The lowest BCUT2D eigenvalue weighted by molar-refractivity contribution is 0.0553. The highest BCUT2D eigenvalue weighted by Crippen LogP contribution is 2.28. The normalized spacial score (nSPS) is 17.9. The first-order chi connectivity index (χ1) is 9.56. The molecular weight excluding hydrogens is 272 g/mol. The molecule has 1 aromatic heterocycles. The Morgan fingerprint density at radius 1 is 1.40 bits per heavy atom. The van der Waals surface area contributed by atoms with Crippen LogP contribution in [-0.4, -0.2) is 27.4 Å². The van der Waals surface area contributed by atoms with Crippen LogP contribution >= 0.6 is 11.3 Å². The molecule has 3 rings (SSSR count). The molecule has 0 radical (unpaired) electrons. The number of aryl methyl sites for hydroxylation is 2. The monoisotopic (exact) mass is 288 g/mol. The molecule has 0 fully saturated rings. The topological polar surface area (TPSA) is 53.4 Å². The van der Waals surface area contributed by atoms with Gasteiger partial charge in [-0.25, -0.2) is 4.98 Å². The van der Waals surface area contributed by atoms with Gasteiger partial charge in [-0.15, -0.1) is 11.3 Å². The van der Waals surface area contributed by atoms with Gasteiger partial charge in [0, 0.05) is 6.54 Å². The van der Waals surface area contributed by atoms with Gasteiger partial charge in [-0.2, -0.15) is 0 Å². The van der Waals surface area contributed by atoms with Gasteiger partial charge < -0.3 is 10.0 Å². The van der Waals surface area contributed by atoms with E-state index >= 15 is 0 Å². The number of aromatic nitrogens is 1. The number of carbonyl (C=O) groups is 1. The zero-order valence-electron chi connectivity index (χ0n) is 11.5. The summed E-state index contributed by atoms with van der Waals surface area (Å²) in [4.78, 5) is 19.2. The Morgan fingerprint density at radius 2 is 2.15 bits per heavy atom. The number of rotatable bonds is 1. The van der Waals surface area contributed by atoms with Crippen molar-refractivity contribution in [2.45, 2.75) is 26.5 Å². The Labute approximate surface area is 121 Å². The van der Waals surface area contributed by atoms with E-state index in [0.29, 0.717) is 18.0 Å². The second kappa shape index (κ2) is 5.00. The third kappa shape index (κ3) is 2.23. The van der Waals surface area contributed by atoms with E-state index in [0.717, 1.165) is 21.8 Å². The molecule has 0 bridgehead atoms. The summed E-state index contributed by atoms with van der Waals surface area (Å²) in [6, 6.07) is 7.73. The molecule has 1 amide bonds. The Hall–Kier alpha value is -1.72. The summed E-state index contributed by atoms with van der Waals surface area (Å²) in [6.07, 6.45) is -0.613. The van der Waals surface area contributed by atoms with Gasteiger partial charge in [-0.3, -0.25) is 4.79 Å². The molecule has 1 aromatic carbocycles. The maximum Gasteiger partial charge on any atom is 0.266 e. The van der Waals surface area contributed by atoms with Crippen molar-refractivity contribution < 1.29 is 9.90 Å². The van der Waals surface area contributed by atoms with E-state index in [1.807, 2.05) is 38.1 Å². The third-order valence-electron chi connectivity index (χ3n) is 3.55. The van der Waals surface area contributed by atoms with E-state index in [1.54, 1.807) is 4.90 Å². The number of benzene rings is 1. The number of fused-ring (bicyclic) bond motifs is 1. The molecular formula is C15H16N2O2S. The highest BCUT2D eigenvalue weighted by molar-refractivity contribution is 7.13. The third-order valence-corrected chi connectivity index (χ3v) is 4.61. The van der Waals surface area contributed by atoms with E-state index in [2.05, 4.69) is 4.98 Å². The summed E-state index contributed by atoms with van der Waals surface area (Å²) in [7, 11) is 0. The van der Waals surface area contributed by atoms with Gasteiger partial charge in [0.05, 0.1) is 23.4 Å². The number of aliphatic hydroxyl groups is 1. The van der Waals surface area contributed by atoms with Gasteiger partial charge in [0.2, 0.25) is 0 Å². The Bertz CT molecular complexity index is 666. The van der Waals surface area contributed by atoms with Crippen LogP contribution < -0.4 is 0 Å². The summed E-state index contributed by atoms with van der Waals surface area (Å²) < 4.78 is 0. The van der Waals surface area contributed by atoms with Crippen molar-refractivity contribution >= 4 is 17.2 Å². The summed E-state index contributed by atoms with van der Waals surface area (Å²) in [5.74, 6) is -0.0401. The summed E-state index contributed by atoms with van der Waals surface area (Å²) in [5.41, 5.74) is 2.71. The van der Waals surface area contributed by atoms with Crippen molar-refractivity contribution in [3.8, 4) is 0 Å². The second-order valence-corrected chi connectivity index (χ2v) is 6.25. The summed E-state index contributed by atoms with van der Waals surface area (Å²) >= 11 is 1.41. The molecule has 104 valence electrons. The highest BCUT2D eigenvalue weighted by atomic mass is 32.1. The zero-order valence-corrected chi connectivity index (χ0v) is 12.3. The summed E-state index contributed by atoms with van der Waals surface area (Å²) in [6.45, 7) is 4.63. The average Bonchev–Trinajstić information content (AvgIpc) is 2.77. The first-order valence-corrected chi connectivity index (χ1v) is 7.37. The minimum Gasteiger partial charge on any atom is -0.387 e. The maximum absolute atomic E-state index is 12.6. The smallest absolute Gasteiger partial charge is 0.266 e. The number of thiazole rings is 1. The molecule has 1 aliphatic heterocycles. The fraction of sp³-hybridized carbons (Fsp3) is 0.333. The first-order valence-electron chi connectivity index (χ1n) is 6.55. The average molecular weight is 288 g/mol. The van der Waals surface area contributed by atoms with Crippen LogP contribution in [0.5, 0.6) is 0 Å². The molecule has 5 heteroatoms. The van der Waals surface area contributed by atoms with Crippen LogP contribution in [0.15, 0.2) is 24.3 Å². The second-order valence-electron chi connectivity index (χ2n) is 5.05. The van der Waals surface area contributed by atoms with Gasteiger partial charge in [-0.05, 0) is 25.0 Å². The maximum atomic E-state index is 12.6. The molecule has 1 aliphatic rings. The first kappa shape index (κ1) is 13.3. The number of nitrogens with zero attached hydrogens (tertiary/aromatic N) is 2. The largest absolute Gasteiger partial charge is 0.387 e. The van der Waals surface area contributed by atoms with Gasteiger partial charge in [-0.1, -0.05) is 24.3 Å². The molecule has 1 N–H and O–H groups in total. The SMILES string of the molecule is Cc1nc(C)c(C(=O)N2Cc3ccccc3C(O)C2)s1. The van der Waals surface area contributed by atoms with Crippen LogP contribution in [0, 0.1) is 13.8 Å². The highest BCUT2D eigenvalue weighted by Gasteiger charge is 2.28. The zero-order chi connectivity index (χ0) is 14.3. The van der Waals surface area contributed by atoms with Gasteiger partial charge in [0.25, 0.3) is 5.91 Å². The quantitative estimate of drug-likeness (QED) is 0.877. The van der Waals surface area contributed by atoms with Crippen LogP contribution in [0.4, 0.5) is 0 Å². The Kier molecular flexibility index (Phi) is 3.31. The van der Waals surface area contributed by atoms with Crippen LogP contribution in [-0.2, 0) is 6.54 Å². The van der Waals surface area contributed by atoms with E-state index in [-0.39, 0.29) is 5.91 Å². The van der Waals surface area contributed by atoms with Crippen LogP contribution in [0.25, 0.3) is 0 Å². The van der Waals surface area contributed by atoms with Crippen LogP contribution in [0.2, 0.25) is 0 Å². The fourth-order valence-electron chi connectivity index (χ4n) is 2.61. The number of carbonyl (C=O) groups excluding carboxylic acids is 1. The van der Waals surface area contributed by atoms with Crippen molar-refractivity contribution in [1.82, 2.24) is 9.88 Å². The predicted molar refractivity (Wildman–Crippen MR) is 77.7 cm³/mol. The predicted octanol–water partition coefficient (Wildman–Crippen LogP) is 2.45. The van der Waals surface area contributed by atoms with Crippen molar-refractivity contribution in [2.24, 2.45) is 0 Å². The van der Waals surface area contributed by atoms with Crippen molar-refractivity contribution in [3.63, 3.8) is 0 Å². The Balaban J connectivity index is 1.90. The fourth-order valence-corrected chi connectivity index (χ4v) is 3.50. The minimum absolute atomic E-state index is 0.0401. The molecule has 1 atom stereocenters. The number of hydrogen-bond donors (Lipinski definition) is 1. The molecule has 1 unspecified atom stereocenters. The molecule has 20 heavy (non-hydrogen) atoms. The Morgan fingerprint density at radius 3 is 2.85 bits per heavy atom. The molecule has 2 heterocycles. The van der Waals surface area contributed by atoms with E-state index in [4.69, 9.17) is 0 Å². The van der Waals surface area contributed by atoms with Gasteiger partial charge in [0.1, 0.15) is 4.88 Å². The molecule has 0 aliphatic carbocycles. The molecule has 2 aromatic rings. The standard InChI is InChI=1S/C15H16N2O2S/c1-9-14(20-10(2)16-9)15(19)17-7-11-5-3-4-6-12(11)13(18)8-17/h3-6,13,18H,7-8H2,1-2H3. The lowest BCUT2D eigenvalue weighted by Crippen LogP contribution is -2.38. The van der Waals surface area contributed by atoms with E-state index < -0.39 is 6.10 Å². The molecule has 0 saturated heterocycles. The van der Waals surface area contributed by atoms with Gasteiger partial charge >= 0.3 is 0 Å². The van der Waals surface area contributed by atoms with Crippen molar-refractivity contribution in [2.75, 3.05) is 6.54 Å². The number of hydrogen-bond acceptors (Lipinski definition) is 4. The van der Waals surface area contributed by atoms with Crippen molar-refractivity contribution in [3.05, 3.63) is 51.0 Å².